The summed E-state index contributed by atoms with van der Waals surface area (Å²) >= 11 is 0. The fourth-order valence-corrected chi connectivity index (χ4v) is 1.56. The van der Waals surface area contributed by atoms with Crippen LogP contribution in [0.5, 0.6) is 11.5 Å². The van der Waals surface area contributed by atoms with E-state index in [1.807, 2.05) is 12.1 Å². The molecule has 0 radical (unpaired) electrons. The third-order valence-electron chi connectivity index (χ3n) is 3.03. The molecule has 3 nitrogen and oxygen atoms in total. The maximum atomic E-state index is 5.79. The van der Waals surface area contributed by atoms with Gasteiger partial charge in [-0.25, -0.2) is 0 Å². The molecule has 1 atom stereocenters. The second kappa shape index (κ2) is 7.98. The van der Waals surface area contributed by atoms with Gasteiger partial charge < -0.3 is 14.8 Å². The zero-order chi connectivity index (χ0) is 13.4. The van der Waals surface area contributed by atoms with Crippen LogP contribution in [0.1, 0.15) is 32.8 Å². The molecule has 0 fully saturated rings. The minimum Gasteiger partial charge on any atom is -0.493 e. The van der Waals surface area contributed by atoms with Gasteiger partial charge in [-0.05, 0) is 30.2 Å². The van der Waals surface area contributed by atoms with E-state index in [1.54, 1.807) is 7.11 Å². The lowest BCUT2D eigenvalue weighted by atomic mass is 10.1. The molecule has 1 N–H and O–H groups in total. The molecule has 102 valence electrons. The molecular formula is C15H25NO2. The fourth-order valence-electron chi connectivity index (χ4n) is 1.56. The van der Waals surface area contributed by atoms with Gasteiger partial charge in [0.1, 0.15) is 0 Å². The van der Waals surface area contributed by atoms with E-state index in [9.17, 15) is 0 Å². The van der Waals surface area contributed by atoms with Crippen LogP contribution in [0.15, 0.2) is 18.2 Å². The highest BCUT2D eigenvalue weighted by atomic mass is 16.5. The van der Waals surface area contributed by atoms with Crippen LogP contribution in [0.3, 0.4) is 0 Å². The van der Waals surface area contributed by atoms with Gasteiger partial charge in [-0.2, -0.15) is 0 Å². The van der Waals surface area contributed by atoms with Gasteiger partial charge in [0.2, 0.25) is 0 Å². The highest BCUT2D eigenvalue weighted by Crippen LogP contribution is 2.28. The van der Waals surface area contributed by atoms with Crippen LogP contribution in [0.25, 0.3) is 0 Å². The lowest BCUT2D eigenvalue weighted by molar-refractivity contribution is 0.244. The van der Waals surface area contributed by atoms with E-state index in [-0.39, 0.29) is 0 Å². The molecule has 3 heteroatoms. The van der Waals surface area contributed by atoms with Crippen molar-refractivity contribution in [3.63, 3.8) is 0 Å². The molecule has 18 heavy (non-hydrogen) atoms. The van der Waals surface area contributed by atoms with E-state index in [4.69, 9.17) is 9.47 Å². The van der Waals surface area contributed by atoms with Crippen molar-refractivity contribution in [3.05, 3.63) is 23.8 Å². The Morgan fingerprint density at radius 2 is 2.00 bits per heavy atom. The summed E-state index contributed by atoms with van der Waals surface area (Å²) in [6.07, 6.45) is 1.13. The Morgan fingerprint density at radius 1 is 1.22 bits per heavy atom. The first kappa shape index (κ1) is 14.8. The van der Waals surface area contributed by atoms with E-state index in [1.165, 1.54) is 5.56 Å². The van der Waals surface area contributed by atoms with Crippen molar-refractivity contribution >= 4 is 0 Å². The fraction of sp³-hybridized carbons (Fsp3) is 0.600. The van der Waals surface area contributed by atoms with Crippen molar-refractivity contribution in [1.82, 2.24) is 5.32 Å². The van der Waals surface area contributed by atoms with Gasteiger partial charge in [0.05, 0.1) is 13.7 Å². The monoisotopic (exact) mass is 251 g/mol. The van der Waals surface area contributed by atoms with Gasteiger partial charge in [-0.1, -0.05) is 33.3 Å². The van der Waals surface area contributed by atoms with Crippen molar-refractivity contribution in [2.75, 3.05) is 20.3 Å². The molecule has 0 heterocycles. The smallest absolute Gasteiger partial charge is 0.161 e. The van der Waals surface area contributed by atoms with Gasteiger partial charge in [0.15, 0.2) is 11.5 Å². The number of ether oxygens (including phenoxy) is 2. The first-order chi connectivity index (χ1) is 8.71. The van der Waals surface area contributed by atoms with Crippen molar-refractivity contribution in [1.29, 1.82) is 0 Å². The highest BCUT2D eigenvalue weighted by molar-refractivity contribution is 5.42. The second-order valence-electron chi connectivity index (χ2n) is 4.59. The van der Waals surface area contributed by atoms with E-state index in [0.717, 1.165) is 37.6 Å². The summed E-state index contributed by atoms with van der Waals surface area (Å²) in [5.74, 6) is 2.21. The Morgan fingerprint density at radius 3 is 2.61 bits per heavy atom. The van der Waals surface area contributed by atoms with Crippen molar-refractivity contribution in [2.45, 2.75) is 33.7 Å². The second-order valence-corrected chi connectivity index (χ2v) is 4.59. The zero-order valence-corrected chi connectivity index (χ0v) is 12.0. The summed E-state index contributed by atoms with van der Waals surface area (Å²) < 4.78 is 11.2. The summed E-state index contributed by atoms with van der Waals surface area (Å²) in [4.78, 5) is 0. The molecule has 0 aliphatic heterocycles. The number of hydrogen-bond donors (Lipinski definition) is 1. The lowest BCUT2D eigenvalue weighted by Crippen LogP contribution is -2.12. The van der Waals surface area contributed by atoms with Crippen LogP contribution in [-0.4, -0.2) is 20.3 Å². The summed E-state index contributed by atoms with van der Waals surface area (Å²) in [5, 5.41) is 3.30. The minimum atomic E-state index is 0.566. The van der Waals surface area contributed by atoms with Crippen LogP contribution >= 0.6 is 0 Å². The third kappa shape index (κ3) is 4.57. The van der Waals surface area contributed by atoms with E-state index in [0.29, 0.717) is 5.92 Å². The van der Waals surface area contributed by atoms with Crippen molar-refractivity contribution in [3.8, 4) is 11.5 Å². The van der Waals surface area contributed by atoms with Gasteiger partial charge in [-0.15, -0.1) is 0 Å². The SMILES string of the molecule is CCNCc1ccc(OCC(C)CC)c(OC)c1. The molecule has 0 saturated carbocycles. The van der Waals surface area contributed by atoms with Gasteiger partial charge in [-0.3, -0.25) is 0 Å². The molecule has 1 rings (SSSR count). The Balaban J connectivity index is 2.67. The Bertz CT molecular complexity index is 352. The predicted molar refractivity (Wildman–Crippen MR) is 75.3 cm³/mol. The highest BCUT2D eigenvalue weighted by Gasteiger charge is 2.07. The molecule has 0 bridgehead atoms. The van der Waals surface area contributed by atoms with Crippen LogP contribution in [0, 0.1) is 5.92 Å². The molecule has 1 unspecified atom stereocenters. The van der Waals surface area contributed by atoms with E-state index < -0.39 is 0 Å². The average molecular weight is 251 g/mol. The van der Waals surface area contributed by atoms with Crippen LogP contribution in [-0.2, 0) is 6.54 Å². The lowest BCUT2D eigenvalue weighted by Gasteiger charge is -2.14. The van der Waals surface area contributed by atoms with Crippen LogP contribution in [0.4, 0.5) is 0 Å². The summed E-state index contributed by atoms with van der Waals surface area (Å²) in [7, 11) is 1.68. The number of hydrogen-bond acceptors (Lipinski definition) is 3. The first-order valence-electron chi connectivity index (χ1n) is 6.71. The molecule has 0 saturated heterocycles. The molecule has 0 aliphatic carbocycles. The maximum Gasteiger partial charge on any atom is 0.161 e. The number of methoxy groups -OCH3 is 1. The molecular weight excluding hydrogens is 226 g/mol. The van der Waals surface area contributed by atoms with Gasteiger partial charge >= 0.3 is 0 Å². The number of nitrogens with one attached hydrogen (secondary N) is 1. The Kier molecular flexibility index (Phi) is 6.58. The maximum absolute atomic E-state index is 5.79. The van der Waals surface area contributed by atoms with Crippen molar-refractivity contribution in [2.24, 2.45) is 5.92 Å². The molecule has 0 amide bonds. The third-order valence-corrected chi connectivity index (χ3v) is 3.03. The number of benzene rings is 1. The van der Waals surface area contributed by atoms with E-state index in [2.05, 4.69) is 32.2 Å². The molecule has 1 aromatic rings. The molecule has 0 aromatic heterocycles. The Labute approximate surface area is 110 Å². The number of rotatable bonds is 8. The largest absolute Gasteiger partial charge is 0.493 e. The van der Waals surface area contributed by atoms with E-state index >= 15 is 0 Å². The van der Waals surface area contributed by atoms with Crippen molar-refractivity contribution < 1.29 is 9.47 Å². The topological polar surface area (TPSA) is 30.5 Å². The molecule has 1 aromatic carbocycles. The standard InChI is InChI=1S/C15H25NO2/c1-5-12(3)11-18-14-8-7-13(10-16-6-2)9-15(14)17-4/h7-9,12,16H,5-6,10-11H2,1-4H3. The summed E-state index contributed by atoms with van der Waals surface area (Å²) in [6, 6.07) is 6.11. The quantitative estimate of drug-likeness (QED) is 0.769. The first-order valence-corrected chi connectivity index (χ1v) is 6.71. The Hall–Kier alpha value is -1.22. The summed E-state index contributed by atoms with van der Waals surface area (Å²) in [5.41, 5.74) is 1.21. The van der Waals surface area contributed by atoms with Crippen LogP contribution < -0.4 is 14.8 Å². The molecule has 0 spiro atoms. The average Bonchev–Trinajstić information content (AvgIpc) is 2.42. The minimum absolute atomic E-state index is 0.566. The van der Waals surface area contributed by atoms with Crippen LogP contribution in [0.2, 0.25) is 0 Å². The van der Waals surface area contributed by atoms with Gasteiger partial charge in [0, 0.05) is 6.54 Å². The zero-order valence-electron chi connectivity index (χ0n) is 12.0. The normalized spacial score (nSPS) is 12.2. The van der Waals surface area contributed by atoms with Gasteiger partial charge in [0.25, 0.3) is 0 Å². The summed E-state index contributed by atoms with van der Waals surface area (Å²) in [6.45, 7) is 9.02. The predicted octanol–water partition coefficient (Wildman–Crippen LogP) is 3.23. The molecule has 0 aliphatic rings.